The number of nitrogens with two attached hydrogens (primary N) is 1. The van der Waals surface area contributed by atoms with E-state index in [0.717, 1.165) is 18.0 Å². The van der Waals surface area contributed by atoms with Crippen LogP contribution in [-0.2, 0) is 6.54 Å². The van der Waals surface area contributed by atoms with E-state index in [1.165, 1.54) is 25.7 Å². The van der Waals surface area contributed by atoms with Crippen molar-refractivity contribution in [2.75, 3.05) is 12.8 Å². The van der Waals surface area contributed by atoms with Crippen molar-refractivity contribution in [1.82, 2.24) is 4.90 Å². The number of rotatable bonds is 3. The van der Waals surface area contributed by atoms with E-state index in [1.807, 2.05) is 6.07 Å². The molecular formula is C15H23FN2. The van der Waals surface area contributed by atoms with E-state index >= 15 is 0 Å². The molecule has 0 unspecified atom stereocenters. The van der Waals surface area contributed by atoms with Crippen molar-refractivity contribution in [3.8, 4) is 0 Å². The first kappa shape index (κ1) is 13.3. The van der Waals surface area contributed by atoms with Crippen LogP contribution in [0, 0.1) is 11.7 Å². The van der Waals surface area contributed by atoms with Crippen molar-refractivity contribution in [3.63, 3.8) is 0 Å². The summed E-state index contributed by atoms with van der Waals surface area (Å²) in [5.74, 6) is 0.557. The minimum atomic E-state index is -0.307. The van der Waals surface area contributed by atoms with Gasteiger partial charge in [0.2, 0.25) is 0 Å². The number of halogens is 1. The zero-order valence-electron chi connectivity index (χ0n) is 11.3. The second kappa shape index (κ2) is 5.70. The van der Waals surface area contributed by atoms with Gasteiger partial charge in [0.05, 0.1) is 5.69 Å². The molecule has 0 bridgehead atoms. The average Bonchev–Trinajstić information content (AvgIpc) is 2.34. The minimum absolute atomic E-state index is 0.230. The lowest BCUT2D eigenvalue weighted by Crippen LogP contribution is -2.34. The van der Waals surface area contributed by atoms with Gasteiger partial charge in [-0.2, -0.15) is 0 Å². The van der Waals surface area contributed by atoms with Gasteiger partial charge in [-0.25, -0.2) is 4.39 Å². The Labute approximate surface area is 109 Å². The van der Waals surface area contributed by atoms with E-state index in [4.69, 9.17) is 5.73 Å². The van der Waals surface area contributed by atoms with Crippen LogP contribution >= 0.6 is 0 Å². The van der Waals surface area contributed by atoms with E-state index < -0.39 is 0 Å². The second-order valence-corrected chi connectivity index (χ2v) is 5.68. The molecule has 0 saturated heterocycles. The summed E-state index contributed by atoms with van der Waals surface area (Å²) in [6, 6.07) is 5.76. The summed E-state index contributed by atoms with van der Waals surface area (Å²) in [5, 5.41) is 0. The minimum Gasteiger partial charge on any atom is -0.396 e. The fourth-order valence-electron chi connectivity index (χ4n) is 2.77. The van der Waals surface area contributed by atoms with Gasteiger partial charge in [0.25, 0.3) is 0 Å². The molecule has 18 heavy (non-hydrogen) atoms. The first-order valence-electron chi connectivity index (χ1n) is 6.80. The zero-order chi connectivity index (χ0) is 13.1. The maximum absolute atomic E-state index is 13.4. The average molecular weight is 250 g/mol. The predicted octanol–water partition coefficient (Wildman–Crippen LogP) is 3.42. The van der Waals surface area contributed by atoms with Crippen LogP contribution in [0.1, 0.15) is 38.2 Å². The number of nitrogens with zero attached hydrogens (tertiary/aromatic N) is 1. The Balaban J connectivity index is 1.94. The van der Waals surface area contributed by atoms with Crippen molar-refractivity contribution in [1.29, 1.82) is 0 Å². The van der Waals surface area contributed by atoms with E-state index in [-0.39, 0.29) is 11.5 Å². The molecule has 1 aromatic carbocycles. The summed E-state index contributed by atoms with van der Waals surface area (Å²) in [7, 11) is 2.13. The standard InChI is InChI=1S/C15H23FN2/c1-11-3-6-13(7-4-11)18(2)10-12-5-8-15(17)14(16)9-12/h5,8-9,11,13H,3-4,6-7,10,17H2,1-2H3. The third kappa shape index (κ3) is 3.22. The van der Waals surface area contributed by atoms with Crippen molar-refractivity contribution >= 4 is 5.69 Å². The van der Waals surface area contributed by atoms with Crippen molar-refractivity contribution in [2.45, 2.75) is 45.2 Å². The van der Waals surface area contributed by atoms with Crippen LogP contribution in [0.2, 0.25) is 0 Å². The van der Waals surface area contributed by atoms with Gasteiger partial charge in [0.15, 0.2) is 0 Å². The van der Waals surface area contributed by atoms with Gasteiger partial charge in [0, 0.05) is 12.6 Å². The van der Waals surface area contributed by atoms with Crippen LogP contribution in [0.25, 0.3) is 0 Å². The highest BCUT2D eigenvalue weighted by Gasteiger charge is 2.21. The maximum Gasteiger partial charge on any atom is 0.146 e. The fraction of sp³-hybridized carbons (Fsp3) is 0.600. The lowest BCUT2D eigenvalue weighted by molar-refractivity contribution is 0.164. The van der Waals surface area contributed by atoms with Gasteiger partial charge < -0.3 is 5.73 Å². The zero-order valence-corrected chi connectivity index (χ0v) is 11.3. The summed E-state index contributed by atoms with van der Waals surface area (Å²) in [5.41, 5.74) is 6.72. The van der Waals surface area contributed by atoms with Crippen LogP contribution in [-0.4, -0.2) is 18.0 Å². The van der Waals surface area contributed by atoms with Gasteiger partial charge in [-0.3, -0.25) is 4.90 Å². The fourth-order valence-corrected chi connectivity index (χ4v) is 2.77. The molecule has 100 valence electrons. The first-order chi connectivity index (χ1) is 8.56. The van der Waals surface area contributed by atoms with Gasteiger partial charge >= 0.3 is 0 Å². The van der Waals surface area contributed by atoms with Gasteiger partial charge in [0.1, 0.15) is 5.82 Å². The van der Waals surface area contributed by atoms with E-state index in [0.29, 0.717) is 6.04 Å². The SMILES string of the molecule is CC1CCC(N(C)Cc2ccc(N)c(F)c2)CC1. The molecule has 2 nitrogen and oxygen atoms in total. The molecule has 0 atom stereocenters. The molecule has 0 aliphatic heterocycles. The Kier molecular flexibility index (Phi) is 4.23. The predicted molar refractivity (Wildman–Crippen MR) is 73.7 cm³/mol. The van der Waals surface area contributed by atoms with Crippen LogP contribution in [0.15, 0.2) is 18.2 Å². The number of anilines is 1. The molecule has 1 aliphatic carbocycles. The van der Waals surface area contributed by atoms with Crippen LogP contribution in [0.4, 0.5) is 10.1 Å². The van der Waals surface area contributed by atoms with Crippen molar-refractivity contribution in [2.24, 2.45) is 5.92 Å². The highest BCUT2D eigenvalue weighted by molar-refractivity contribution is 5.41. The molecule has 0 radical (unpaired) electrons. The van der Waals surface area contributed by atoms with E-state index in [2.05, 4.69) is 18.9 Å². The summed E-state index contributed by atoms with van der Waals surface area (Å²) in [6.45, 7) is 3.13. The largest absolute Gasteiger partial charge is 0.396 e. The maximum atomic E-state index is 13.4. The monoisotopic (exact) mass is 250 g/mol. The molecule has 3 heteroatoms. The molecule has 0 amide bonds. The summed E-state index contributed by atoms with van der Waals surface area (Å²) in [6.07, 6.45) is 5.14. The third-order valence-corrected chi connectivity index (χ3v) is 4.11. The van der Waals surface area contributed by atoms with E-state index in [1.54, 1.807) is 12.1 Å². The van der Waals surface area contributed by atoms with Crippen LogP contribution < -0.4 is 5.73 Å². The summed E-state index contributed by atoms with van der Waals surface area (Å²) < 4.78 is 13.4. The van der Waals surface area contributed by atoms with Crippen LogP contribution in [0.3, 0.4) is 0 Å². The molecule has 2 rings (SSSR count). The quantitative estimate of drug-likeness (QED) is 0.833. The Morgan fingerprint density at radius 1 is 1.28 bits per heavy atom. The number of hydrogen-bond donors (Lipinski definition) is 1. The topological polar surface area (TPSA) is 29.3 Å². The second-order valence-electron chi connectivity index (χ2n) is 5.68. The third-order valence-electron chi connectivity index (χ3n) is 4.11. The molecule has 0 heterocycles. The Bertz CT molecular complexity index is 397. The molecule has 1 aromatic rings. The summed E-state index contributed by atoms with van der Waals surface area (Å²) >= 11 is 0. The molecule has 0 aromatic heterocycles. The summed E-state index contributed by atoms with van der Waals surface area (Å²) in [4.78, 5) is 2.34. The lowest BCUT2D eigenvalue weighted by Gasteiger charge is -2.33. The van der Waals surface area contributed by atoms with Gasteiger partial charge in [-0.05, 0) is 56.3 Å². The lowest BCUT2D eigenvalue weighted by atomic mass is 9.86. The molecule has 1 saturated carbocycles. The smallest absolute Gasteiger partial charge is 0.146 e. The molecule has 1 fully saturated rings. The number of benzene rings is 1. The highest BCUT2D eigenvalue weighted by atomic mass is 19.1. The number of hydrogen-bond acceptors (Lipinski definition) is 2. The van der Waals surface area contributed by atoms with E-state index in [9.17, 15) is 4.39 Å². The number of nitrogen functional groups attached to an aromatic ring is 1. The molecule has 2 N–H and O–H groups in total. The Hall–Kier alpha value is -1.09. The molecule has 1 aliphatic rings. The first-order valence-corrected chi connectivity index (χ1v) is 6.80. The Morgan fingerprint density at radius 2 is 1.94 bits per heavy atom. The van der Waals surface area contributed by atoms with Gasteiger partial charge in [-0.15, -0.1) is 0 Å². The van der Waals surface area contributed by atoms with Crippen LogP contribution in [0.5, 0.6) is 0 Å². The normalized spacial score (nSPS) is 24.4. The molecule has 0 spiro atoms. The molecular weight excluding hydrogens is 227 g/mol. The van der Waals surface area contributed by atoms with Gasteiger partial charge in [-0.1, -0.05) is 13.0 Å². The Morgan fingerprint density at radius 3 is 2.56 bits per heavy atom. The van der Waals surface area contributed by atoms with Crippen molar-refractivity contribution < 1.29 is 4.39 Å². The van der Waals surface area contributed by atoms with Crippen molar-refractivity contribution in [3.05, 3.63) is 29.6 Å². The highest BCUT2D eigenvalue weighted by Crippen LogP contribution is 2.27.